The molecule has 0 aromatic heterocycles. The van der Waals surface area contributed by atoms with E-state index in [0.717, 1.165) is 25.1 Å². The number of benzene rings is 1. The second-order valence-electron chi connectivity index (χ2n) is 6.68. The Bertz CT molecular complexity index is 675. The molecule has 0 amide bonds. The van der Waals surface area contributed by atoms with Crippen LogP contribution >= 0.6 is 0 Å². The molecule has 0 saturated carbocycles. The zero-order valence-corrected chi connectivity index (χ0v) is 15.0. The first-order valence-electron chi connectivity index (χ1n) is 8.22. The molecule has 1 aromatic rings. The second-order valence-corrected chi connectivity index (χ2v) is 8.45. The van der Waals surface area contributed by atoms with Gasteiger partial charge in [-0.3, -0.25) is 0 Å². The average molecular weight is 351 g/mol. The summed E-state index contributed by atoms with van der Waals surface area (Å²) in [7, 11) is -3.46. The second kappa shape index (κ2) is 8.48. The summed E-state index contributed by atoms with van der Waals surface area (Å²) in [6.45, 7) is 7.54. The van der Waals surface area contributed by atoms with E-state index in [-0.39, 0.29) is 0 Å². The third-order valence-electron chi connectivity index (χ3n) is 4.03. The molecule has 0 spiro atoms. The topological polar surface area (TPSA) is 98.2 Å². The lowest BCUT2D eigenvalue weighted by atomic mass is 10.0. The SMILES string of the molecule is CC(C)Cc1ccc(S(=O)(=O)NCCN2CC(CN=[N+]=[N-])C2)cc1. The quantitative estimate of drug-likeness (QED) is 0.420. The third-order valence-corrected chi connectivity index (χ3v) is 5.51. The van der Waals surface area contributed by atoms with Crippen LogP contribution in [0.25, 0.3) is 10.4 Å². The number of sulfonamides is 1. The number of azide groups is 1. The van der Waals surface area contributed by atoms with Gasteiger partial charge in [-0.15, -0.1) is 0 Å². The van der Waals surface area contributed by atoms with Crippen molar-refractivity contribution in [2.24, 2.45) is 17.0 Å². The molecule has 8 heteroatoms. The molecule has 1 aromatic carbocycles. The summed E-state index contributed by atoms with van der Waals surface area (Å²) in [5.41, 5.74) is 9.42. The summed E-state index contributed by atoms with van der Waals surface area (Å²) < 4.78 is 27.2. The minimum absolute atomic E-state index is 0.305. The molecule has 2 rings (SSSR count). The van der Waals surface area contributed by atoms with Crippen LogP contribution in [0.1, 0.15) is 19.4 Å². The Morgan fingerprint density at radius 2 is 2.00 bits per heavy atom. The lowest BCUT2D eigenvalue weighted by molar-refractivity contribution is 0.109. The number of hydrogen-bond acceptors (Lipinski definition) is 4. The molecule has 1 aliphatic heterocycles. The van der Waals surface area contributed by atoms with Crippen molar-refractivity contribution in [1.82, 2.24) is 9.62 Å². The maximum absolute atomic E-state index is 12.3. The van der Waals surface area contributed by atoms with E-state index >= 15 is 0 Å². The largest absolute Gasteiger partial charge is 0.301 e. The molecule has 1 saturated heterocycles. The zero-order chi connectivity index (χ0) is 17.6. The molecular formula is C16H25N5O2S. The minimum Gasteiger partial charge on any atom is -0.301 e. The molecule has 1 aliphatic rings. The molecule has 132 valence electrons. The maximum Gasteiger partial charge on any atom is 0.240 e. The third kappa shape index (κ3) is 5.49. The Balaban J connectivity index is 1.76. The predicted molar refractivity (Wildman–Crippen MR) is 94.1 cm³/mol. The van der Waals surface area contributed by atoms with Crippen molar-refractivity contribution in [3.8, 4) is 0 Å². The van der Waals surface area contributed by atoms with Crippen LogP contribution < -0.4 is 4.72 Å². The normalized spacial score (nSPS) is 16.0. The van der Waals surface area contributed by atoms with Gasteiger partial charge in [-0.25, -0.2) is 13.1 Å². The molecule has 1 fully saturated rings. The molecule has 0 bridgehead atoms. The van der Waals surface area contributed by atoms with E-state index in [1.54, 1.807) is 12.1 Å². The van der Waals surface area contributed by atoms with E-state index in [4.69, 9.17) is 5.53 Å². The van der Waals surface area contributed by atoms with Crippen molar-refractivity contribution >= 4 is 10.0 Å². The molecule has 0 atom stereocenters. The molecule has 24 heavy (non-hydrogen) atoms. The number of hydrogen-bond donors (Lipinski definition) is 1. The predicted octanol–water partition coefficient (Wildman–Crippen LogP) is 2.41. The minimum atomic E-state index is -3.46. The highest BCUT2D eigenvalue weighted by molar-refractivity contribution is 7.89. The van der Waals surface area contributed by atoms with E-state index in [0.29, 0.717) is 36.4 Å². The van der Waals surface area contributed by atoms with Gasteiger partial charge < -0.3 is 4.90 Å². The molecular weight excluding hydrogens is 326 g/mol. The summed E-state index contributed by atoms with van der Waals surface area (Å²) in [6, 6.07) is 7.09. The summed E-state index contributed by atoms with van der Waals surface area (Å²) in [4.78, 5) is 5.20. The van der Waals surface area contributed by atoms with Crippen molar-refractivity contribution in [3.05, 3.63) is 40.3 Å². The van der Waals surface area contributed by atoms with Crippen LogP contribution in [0.2, 0.25) is 0 Å². The number of likely N-dealkylation sites (tertiary alicyclic amines) is 1. The van der Waals surface area contributed by atoms with Crippen molar-refractivity contribution in [1.29, 1.82) is 0 Å². The van der Waals surface area contributed by atoms with Gasteiger partial charge in [0, 0.05) is 37.6 Å². The fourth-order valence-electron chi connectivity index (χ4n) is 2.82. The van der Waals surface area contributed by atoms with E-state index in [2.05, 4.69) is 33.5 Å². The Kier molecular flexibility index (Phi) is 6.62. The van der Waals surface area contributed by atoms with E-state index in [1.807, 2.05) is 12.1 Å². The molecule has 1 N–H and O–H groups in total. The molecule has 0 unspecified atom stereocenters. The highest BCUT2D eigenvalue weighted by Crippen LogP contribution is 2.16. The van der Waals surface area contributed by atoms with Gasteiger partial charge in [0.05, 0.1) is 4.90 Å². The maximum atomic E-state index is 12.3. The fraction of sp³-hybridized carbons (Fsp3) is 0.625. The summed E-state index contributed by atoms with van der Waals surface area (Å²) in [5.74, 6) is 0.941. The summed E-state index contributed by atoms with van der Waals surface area (Å²) >= 11 is 0. The average Bonchev–Trinajstić information content (AvgIpc) is 2.48. The first kappa shape index (κ1) is 18.7. The van der Waals surface area contributed by atoms with Gasteiger partial charge in [0.25, 0.3) is 0 Å². The van der Waals surface area contributed by atoms with Gasteiger partial charge in [-0.2, -0.15) is 0 Å². The smallest absolute Gasteiger partial charge is 0.240 e. The molecule has 7 nitrogen and oxygen atoms in total. The van der Waals surface area contributed by atoms with Crippen molar-refractivity contribution in [3.63, 3.8) is 0 Å². The lowest BCUT2D eigenvalue weighted by Gasteiger charge is -2.38. The van der Waals surface area contributed by atoms with Gasteiger partial charge in [-0.1, -0.05) is 31.1 Å². The van der Waals surface area contributed by atoms with Crippen LogP contribution in [0.3, 0.4) is 0 Å². The van der Waals surface area contributed by atoms with Crippen LogP contribution in [0, 0.1) is 11.8 Å². The lowest BCUT2D eigenvalue weighted by Crippen LogP contribution is -2.50. The van der Waals surface area contributed by atoms with Crippen LogP contribution in [0.15, 0.2) is 34.3 Å². The van der Waals surface area contributed by atoms with Crippen LogP contribution in [-0.4, -0.2) is 46.0 Å². The first-order valence-corrected chi connectivity index (χ1v) is 9.71. The number of rotatable bonds is 9. The van der Waals surface area contributed by atoms with E-state index < -0.39 is 10.0 Å². The standard InChI is InChI=1S/C16H25N5O2S/c1-13(2)9-14-3-5-16(6-4-14)24(22,23)19-7-8-21-11-15(12-21)10-18-20-17/h3-6,13,15,19H,7-12H2,1-2H3. The zero-order valence-electron chi connectivity index (χ0n) is 14.2. The van der Waals surface area contributed by atoms with Crippen molar-refractivity contribution < 1.29 is 8.42 Å². The Morgan fingerprint density at radius 1 is 1.33 bits per heavy atom. The van der Waals surface area contributed by atoms with Gasteiger partial charge in [0.15, 0.2) is 0 Å². The Labute approximate surface area is 143 Å². The Hall–Kier alpha value is -1.60. The van der Waals surface area contributed by atoms with Gasteiger partial charge >= 0.3 is 0 Å². The fourth-order valence-corrected chi connectivity index (χ4v) is 3.85. The van der Waals surface area contributed by atoms with Gasteiger partial charge in [0.2, 0.25) is 10.0 Å². The van der Waals surface area contributed by atoms with E-state index in [1.165, 1.54) is 0 Å². The Morgan fingerprint density at radius 3 is 2.58 bits per heavy atom. The van der Waals surface area contributed by atoms with Crippen LogP contribution in [-0.2, 0) is 16.4 Å². The van der Waals surface area contributed by atoms with Gasteiger partial charge in [-0.05, 0) is 41.5 Å². The van der Waals surface area contributed by atoms with Crippen molar-refractivity contribution in [2.75, 3.05) is 32.7 Å². The number of nitrogens with one attached hydrogen (secondary N) is 1. The number of nitrogens with zero attached hydrogens (tertiary/aromatic N) is 4. The summed E-state index contributed by atoms with van der Waals surface area (Å²) in [5, 5.41) is 3.55. The highest BCUT2D eigenvalue weighted by Gasteiger charge is 2.25. The van der Waals surface area contributed by atoms with Crippen LogP contribution in [0.4, 0.5) is 0 Å². The van der Waals surface area contributed by atoms with Crippen LogP contribution in [0.5, 0.6) is 0 Å². The van der Waals surface area contributed by atoms with Gasteiger partial charge in [0.1, 0.15) is 0 Å². The summed E-state index contributed by atoms with van der Waals surface area (Å²) in [6.07, 6.45) is 0.944. The monoisotopic (exact) mass is 351 g/mol. The molecule has 0 aliphatic carbocycles. The molecule has 1 heterocycles. The molecule has 0 radical (unpaired) electrons. The van der Waals surface area contributed by atoms with Crippen molar-refractivity contribution in [2.45, 2.75) is 25.2 Å². The first-order chi connectivity index (χ1) is 11.4. The van der Waals surface area contributed by atoms with E-state index in [9.17, 15) is 8.42 Å². The highest BCUT2D eigenvalue weighted by atomic mass is 32.2.